The molecule has 0 saturated heterocycles. The first-order valence-electron chi connectivity index (χ1n) is 4.77. The van der Waals surface area contributed by atoms with Gasteiger partial charge in [0.05, 0.1) is 17.8 Å². The summed E-state index contributed by atoms with van der Waals surface area (Å²) in [6, 6.07) is 6.56. The van der Waals surface area contributed by atoms with Gasteiger partial charge in [-0.25, -0.2) is 4.68 Å². The number of aromatic hydroxyl groups is 1. The van der Waals surface area contributed by atoms with E-state index in [2.05, 4.69) is 5.10 Å². The minimum Gasteiger partial charge on any atom is -0.508 e. The van der Waals surface area contributed by atoms with Crippen LogP contribution in [0.3, 0.4) is 0 Å². The molecular formula is C11H8Cl2N2O2. The normalized spacial score (nSPS) is 10.5. The van der Waals surface area contributed by atoms with Crippen molar-refractivity contribution < 1.29 is 5.11 Å². The van der Waals surface area contributed by atoms with Crippen LogP contribution >= 0.6 is 23.2 Å². The Morgan fingerprint density at radius 3 is 2.82 bits per heavy atom. The lowest BCUT2D eigenvalue weighted by molar-refractivity contribution is 0.474. The standard InChI is InChI=1S/C11H8Cl2N2O2/c12-9-5-14-15(11(17)10(9)13)6-7-2-1-3-8(16)4-7/h1-5,16H,6H2. The van der Waals surface area contributed by atoms with Gasteiger partial charge in [0.2, 0.25) is 0 Å². The minimum atomic E-state index is -0.456. The average Bonchev–Trinajstić information content (AvgIpc) is 2.30. The van der Waals surface area contributed by atoms with Crippen LogP contribution in [0, 0.1) is 0 Å². The first kappa shape index (κ1) is 12.0. The molecule has 17 heavy (non-hydrogen) atoms. The van der Waals surface area contributed by atoms with Crippen LogP contribution in [0.2, 0.25) is 10.0 Å². The van der Waals surface area contributed by atoms with Crippen molar-refractivity contribution >= 4 is 23.2 Å². The van der Waals surface area contributed by atoms with Crippen LogP contribution in [-0.2, 0) is 6.54 Å². The molecule has 6 heteroatoms. The zero-order chi connectivity index (χ0) is 12.4. The van der Waals surface area contributed by atoms with Gasteiger partial charge in [-0.1, -0.05) is 35.3 Å². The van der Waals surface area contributed by atoms with Gasteiger partial charge < -0.3 is 5.11 Å². The van der Waals surface area contributed by atoms with E-state index < -0.39 is 5.56 Å². The maximum absolute atomic E-state index is 11.7. The molecule has 0 spiro atoms. The van der Waals surface area contributed by atoms with E-state index in [-0.39, 0.29) is 22.3 Å². The highest BCUT2D eigenvalue weighted by Gasteiger charge is 2.07. The van der Waals surface area contributed by atoms with Crippen molar-refractivity contribution in [3.05, 3.63) is 56.4 Å². The summed E-state index contributed by atoms with van der Waals surface area (Å²) in [5.41, 5.74) is 0.292. The first-order chi connectivity index (χ1) is 8.08. The van der Waals surface area contributed by atoms with Gasteiger partial charge in [0.15, 0.2) is 0 Å². The summed E-state index contributed by atoms with van der Waals surface area (Å²) in [6.07, 6.45) is 1.31. The molecule has 0 bridgehead atoms. The number of phenolic OH excluding ortho intramolecular Hbond substituents is 1. The molecule has 0 aliphatic carbocycles. The third-order valence-corrected chi connectivity index (χ3v) is 2.93. The van der Waals surface area contributed by atoms with Gasteiger partial charge in [0.1, 0.15) is 10.8 Å². The van der Waals surface area contributed by atoms with Crippen LogP contribution in [0.15, 0.2) is 35.3 Å². The van der Waals surface area contributed by atoms with Gasteiger partial charge in [-0.2, -0.15) is 5.10 Å². The lowest BCUT2D eigenvalue weighted by Gasteiger charge is -2.05. The third kappa shape index (κ3) is 2.60. The Balaban J connectivity index is 2.37. The number of hydrogen-bond donors (Lipinski definition) is 1. The van der Waals surface area contributed by atoms with E-state index in [4.69, 9.17) is 23.2 Å². The zero-order valence-electron chi connectivity index (χ0n) is 8.60. The van der Waals surface area contributed by atoms with E-state index in [1.165, 1.54) is 10.9 Å². The zero-order valence-corrected chi connectivity index (χ0v) is 10.1. The second kappa shape index (κ2) is 4.77. The molecule has 0 aliphatic rings. The molecule has 0 radical (unpaired) electrons. The monoisotopic (exact) mass is 270 g/mol. The fourth-order valence-electron chi connectivity index (χ4n) is 1.39. The average molecular weight is 271 g/mol. The van der Waals surface area contributed by atoms with Gasteiger partial charge in [-0.05, 0) is 17.7 Å². The van der Waals surface area contributed by atoms with E-state index in [0.717, 1.165) is 5.56 Å². The van der Waals surface area contributed by atoms with E-state index in [9.17, 15) is 9.90 Å². The molecule has 1 aromatic carbocycles. The highest BCUT2D eigenvalue weighted by atomic mass is 35.5. The number of phenols is 1. The Kier molecular flexibility index (Phi) is 3.36. The molecule has 4 nitrogen and oxygen atoms in total. The topological polar surface area (TPSA) is 55.1 Å². The molecule has 2 aromatic rings. The van der Waals surface area contributed by atoms with E-state index in [0.29, 0.717) is 0 Å². The van der Waals surface area contributed by atoms with Crippen LogP contribution in [0.5, 0.6) is 5.75 Å². The largest absolute Gasteiger partial charge is 0.508 e. The summed E-state index contributed by atoms with van der Waals surface area (Å²) in [5, 5.41) is 13.2. The SMILES string of the molecule is O=c1c(Cl)c(Cl)cnn1Cc1cccc(O)c1. The van der Waals surface area contributed by atoms with Crippen LogP contribution in [0.25, 0.3) is 0 Å². The predicted octanol–water partition coefficient (Wildman–Crippen LogP) is 2.30. The molecule has 0 aliphatic heterocycles. The van der Waals surface area contributed by atoms with Crippen LogP contribution in [0.1, 0.15) is 5.56 Å². The summed E-state index contributed by atoms with van der Waals surface area (Å²) in [5.74, 6) is 0.135. The molecule has 0 atom stereocenters. The number of hydrogen-bond acceptors (Lipinski definition) is 3. The summed E-state index contributed by atoms with van der Waals surface area (Å²) >= 11 is 11.4. The fourth-order valence-corrected chi connectivity index (χ4v) is 1.66. The molecule has 0 saturated carbocycles. The van der Waals surface area contributed by atoms with Gasteiger partial charge >= 0.3 is 0 Å². The summed E-state index contributed by atoms with van der Waals surface area (Å²) < 4.78 is 1.18. The molecule has 0 fully saturated rings. The number of benzene rings is 1. The Morgan fingerprint density at radius 1 is 1.35 bits per heavy atom. The van der Waals surface area contributed by atoms with Gasteiger partial charge in [0, 0.05) is 0 Å². The smallest absolute Gasteiger partial charge is 0.287 e. The molecule has 0 unspecified atom stereocenters. The molecule has 1 aromatic heterocycles. The van der Waals surface area contributed by atoms with Crippen molar-refractivity contribution in [1.29, 1.82) is 0 Å². The molecule has 0 amide bonds. The van der Waals surface area contributed by atoms with Crippen molar-refractivity contribution in [2.24, 2.45) is 0 Å². The number of aromatic nitrogens is 2. The van der Waals surface area contributed by atoms with Gasteiger partial charge in [-0.15, -0.1) is 0 Å². The molecule has 2 rings (SSSR count). The van der Waals surface area contributed by atoms with Crippen LogP contribution < -0.4 is 5.56 Å². The number of rotatable bonds is 2. The van der Waals surface area contributed by atoms with E-state index >= 15 is 0 Å². The predicted molar refractivity (Wildman–Crippen MR) is 65.7 cm³/mol. The Hall–Kier alpha value is -1.52. The van der Waals surface area contributed by atoms with Gasteiger partial charge in [0.25, 0.3) is 5.56 Å². The second-order valence-corrected chi connectivity index (χ2v) is 4.22. The van der Waals surface area contributed by atoms with Crippen molar-refractivity contribution in [1.82, 2.24) is 9.78 Å². The fraction of sp³-hybridized carbons (Fsp3) is 0.0909. The van der Waals surface area contributed by atoms with E-state index in [1.807, 2.05) is 0 Å². The quantitative estimate of drug-likeness (QED) is 0.911. The molecule has 1 heterocycles. The highest BCUT2D eigenvalue weighted by Crippen LogP contribution is 2.15. The van der Waals surface area contributed by atoms with Crippen molar-refractivity contribution in [2.75, 3.05) is 0 Å². The second-order valence-electron chi connectivity index (χ2n) is 3.44. The van der Waals surface area contributed by atoms with E-state index in [1.54, 1.807) is 24.3 Å². The van der Waals surface area contributed by atoms with Crippen molar-refractivity contribution in [3.63, 3.8) is 0 Å². The Labute approximate surface area is 107 Å². The van der Waals surface area contributed by atoms with Crippen molar-refractivity contribution in [2.45, 2.75) is 6.54 Å². The Bertz CT molecular complexity index is 611. The van der Waals surface area contributed by atoms with Crippen LogP contribution in [0.4, 0.5) is 0 Å². The third-order valence-electron chi connectivity index (χ3n) is 2.19. The van der Waals surface area contributed by atoms with Gasteiger partial charge in [-0.3, -0.25) is 4.79 Å². The number of halogens is 2. The number of nitrogens with zero attached hydrogens (tertiary/aromatic N) is 2. The highest BCUT2D eigenvalue weighted by molar-refractivity contribution is 6.41. The lowest BCUT2D eigenvalue weighted by atomic mass is 10.2. The summed E-state index contributed by atoms with van der Waals surface area (Å²) in [4.78, 5) is 11.7. The Morgan fingerprint density at radius 2 is 2.12 bits per heavy atom. The minimum absolute atomic E-state index is 0.0539. The van der Waals surface area contributed by atoms with Crippen molar-refractivity contribution in [3.8, 4) is 5.75 Å². The van der Waals surface area contributed by atoms with Crippen LogP contribution in [-0.4, -0.2) is 14.9 Å². The molecule has 88 valence electrons. The maximum Gasteiger partial charge on any atom is 0.287 e. The summed E-state index contributed by atoms with van der Waals surface area (Å²) in [6.45, 7) is 0.226. The lowest BCUT2D eigenvalue weighted by Crippen LogP contribution is -2.23. The maximum atomic E-state index is 11.7. The molecule has 1 N–H and O–H groups in total. The summed E-state index contributed by atoms with van der Waals surface area (Å²) in [7, 11) is 0. The first-order valence-corrected chi connectivity index (χ1v) is 5.52. The molecular weight excluding hydrogens is 263 g/mol.